The number of fused-ring (bicyclic) bond motifs is 1. The smallest absolute Gasteiger partial charge is 0.306 e. The summed E-state index contributed by atoms with van der Waals surface area (Å²) in [6.07, 6.45) is 4.98. The van der Waals surface area contributed by atoms with Crippen LogP contribution >= 0.6 is 0 Å². The van der Waals surface area contributed by atoms with E-state index in [-0.39, 0.29) is 5.69 Å². The maximum absolute atomic E-state index is 12.4. The molecule has 5 rings (SSSR count). The number of nitrogens with one attached hydrogen (secondary N) is 1. The minimum atomic E-state index is 0.0446. The highest BCUT2D eigenvalue weighted by molar-refractivity contribution is 5.75. The van der Waals surface area contributed by atoms with Crippen LogP contribution in [-0.2, 0) is 0 Å². The summed E-state index contributed by atoms with van der Waals surface area (Å²) in [5.41, 5.74) is 2.05. The van der Waals surface area contributed by atoms with Crippen LogP contribution in [0.3, 0.4) is 0 Å². The molecule has 146 valence electrons. The molecule has 1 aromatic carbocycles. The molecule has 0 radical (unpaired) electrons. The largest absolute Gasteiger partial charge is 0.326 e. The fourth-order valence-electron chi connectivity index (χ4n) is 4.91. The van der Waals surface area contributed by atoms with E-state index < -0.39 is 0 Å². The molecule has 3 aliphatic rings. The predicted molar refractivity (Wildman–Crippen MR) is 108 cm³/mol. The molecule has 2 saturated heterocycles. The predicted octanol–water partition coefficient (Wildman–Crippen LogP) is 1.75. The number of aromatic amines is 1. The van der Waals surface area contributed by atoms with E-state index in [0.717, 1.165) is 43.0 Å². The number of piperidine rings is 1. The molecule has 3 fully saturated rings. The Balaban J connectivity index is 1.12. The van der Waals surface area contributed by atoms with Crippen molar-refractivity contribution in [1.82, 2.24) is 24.3 Å². The number of likely N-dealkylation sites (tertiary alicyclic amines) is 1. The number of imidazole rings is 1. The first-order chi connectivity index (χ1) is 13.3. The molecule has 0 atom stereocenters. The van der Waals surface area contributed by atoms with E-state index in [1.54, 1.807) is 0 Å². The molecule has 1 N–H and O–H groups in total. The molecule has 1 saturated carbocycles. The molecular weight excluding hydrogens is 338 g/mol. The topological polar surface area (TPSA) is 47.5 Å². The van der Waals surface area contributed by atoms with Crippen LogP contribution in [0.15, 0.2) is 29.1 Å². The molecule has 0 bridgehead atoms. The first-order valence-corrected chi connectivity index (χ1v) is 10.7. The normalized spacial score (nSPS) is 24.0. The third-order valence-electron chi connectivity index (χ3n) is 6.75. The van der Waals surface area contributed by atoms with Crippen molar-refractivity contribution in [2.24, 2.45) is 0 Å². The zero-order valence-corrected chi connectivity index (χ0v) is 16.1. The Morgan fingerprint density at radius 3 is 2.19 bits per heavy atom. The lowest BCUT2D eigenvalue weighted by atomic mass is 10.0. The SMILES string of the molecule is O=c1[nH]c2ccccc2n1C1CCN(CCN2CCN(C3CC3)CC2)CC1. The Kier molecular flexibility index (Phi) is 4.80. The van der Waals surface area contributed by atoms with Gasteiger partial charge in [0.05, 0.1) is 11.0 Å². The quantitative estimate of drug-likeness (QED) is 0.872. The van der Waals surface area contributed by atoms with Crippen molar-refractivity contribution in [1.29, 1.82) is 0 Å². The molecular formula is C21H31N5O. The monoisotopic (exact) mass is 369 g/mol. The van der Waals surface area contributed by atoms with Gasteiger partial charge in [0.25, 0.3) is 0 Å². The second-order valence-electron chi connectivity index (χ2n) is 8.50. The van der Waals surface area contributed by atoms with Crippen LogP contribution in [0.5, 0.6) is 0 Å². The Morgan fingerprint density at radius 1 is 0.815 bits per heavy atom. The van der Waals surface area contributed by atoms with Crippen molar-refractivity contribution in [2.75, 3.05) is 52.4 Å². The van der Waals surface area contributed by atoms with Gasteiger partial charge in [-0.15, -0.1) is 0 Å². The number of rotatable bonds is 5. The number of piperazine rings is 1. The molecule has 27 heavy (non-hydrogen) atoms. The minimum Gasteiger partial charge on any atom is -0.306 e. The Hall–Kier alpha value is -1.63. The van der Waals surface area contributed by atoms with Crippen molar-refractivity contribution in [3.05, 3.63) is 34.7 Å². The number of H-pyrrole nitrogens is 1. The lowest BCUT2D eigenvalue weighted by Crippen LogP contribution is -2.49. The Morgan fingerprint density at radius 2 is 1.48 bits per heavy atom. The lowest BCUT2D eigenvalue weighted by molar-refractivity contribution is 0.105. The number of para-hydroxylation sites is 2. The third kappa shape index (κ3) is 3.71. The van der Waals surface area contributed by atoms with E-state index in [1.165, 1.54) is 52.1 Å². The molecule has 6 nitrogen and oxygen atoms in total. The average Bonchev–Trinajstić information content (AvgIpc) is 3.50. The van der Waals surface area contributed by atoms with Crippen molar-refractivity contribution in [3.63, 3.8) is 0 Å². The number of nitrogens with zero attached hydrogens (tertiary/aromatic N) is 4. The van der Waals surface area contributed by atoms with Crippen LogP contribution in [0.25, 0.3) is 11.0 Å². The van der Waals surface area contributed by atoms with Gasteiger partial charge in [-0.05, 0) is 37.8 Å². The van der Waals surface area contributed by atoms with Crippen LogP contribution < -0.4 is 5.69 Å². The van der Waals surface area contributed by atoms with E-state index in [4.69, 9.17) is 0 Å². The van der Waals surface area contributed by atoms with E-state index in [1.807, 2.05) is 22.8 Å². The molecule has 2 aliphatic heterocycles. The molecule has 0 unspecified atom stereocenters. The maximum Gasteiger partial charge on any atom is 0.326 e. The van der Waals surface area contributed by atoms with Gasteiger partial charge < -0.3 is 9.88 Å². The average molecular weight is 370 g/mol. The van der Waals surface area contributed by atoms with Gasteiger partial charge in [0, 0.05) is 64.4 Å². The zero-order valence-electron chi connectivity index (χ0n) is 16.1. The summed E-state index contributed by atoms with van der Waals surface area (Å²) in [7, 11) is 0. The Bertz CT molecular complexity index is 822. The second kappa shape index (κ2) is 7.41. The van der Waals surface area contributed by atoms with Crippen LogP contribution in [0.2, 0.25) is 0 Å². The molecule has 0 spiro atoms. The molecule has 1 aromatic heterocycles. The summed E-state index contributed by atoms with van der Waals surface area (Å²) in [6.45, 7) is 9.54. The second-order valence-corrected chi connectivity index (χ2v) is 8.50. The van der Waals surface area contributed by atoms with E-state index in [2.05, 4.69) is 25.8 Å². The summed E-state index contributed by atoms with van der Waals surface area (Å²) in [5, 5.41) is 0. The molecule has 6 heteroatoms. The maximum atomic E-state index is 12.4. The highest BCUT2D eigenvalue weighted by Gasteiger charge is 2.31. The standard InChI is InChI=1S/C21H31N5O/c27-21-22-19-3-1-2-4-20(19)26(21)18-7-9-23(10-8-18)11-12-24-13-15-25(16-14-24)17-5-6-17/h1-4,17-18H,5-16H2,(H,22,27). The number of benzene rings is 1. The Labute approximate surface area is 160 Å². The van der Waals surface area contributed by atoms with Gasteiger partial charge in [-0.25, -0.2) is 4.79 Å². The van der Waals surface area contributed by atoms with Gasteiger partial charge in [0.1, 0.15) is 0 Å². The number of hydrogen-bond acceptors (Lipinski definition) is 4. The summed E-state index contributed by atoms with van der Waals surface area (Å²) < 4.78 is 1.99. The van der Waals surface area contributed by atoms with Crippen LogP contribution in [0.4, 0.5) is 0 Å². The van der Waals surface area contributed by atoms with E-state index in [9.17, 15) is 4.79 Å². The fraction of sp³-hybridized carbons (Fsp3) is 0.667. The minimum absolute atomic E-state index is 0.0446. The van der Waals surface area contributed by atoms with Gasteiger partial charge >= 0.3 is 5.69 Å². The lowest BCUT2D eigenvalue weighted by Gasteiger charge is -2.37. The van der Waals surface area contributed by atoms with Crippen LogP contribution in [-0.4, -0.2) is 82.7 Å². The van der Waals surface area contributed by atoms with Gasteiger partial charge in [0.2, 0.25) is 0 Å². The van der Waals surface area contributed by atoms with Crippen molar-refractivity contribution in [3.8, 4) is 0 Å². The number of aromatic nitrogens is 2. The molecule has 2 aromatic rings. The highest BCUT2D eigenvalue weighted by Crippen LogP contribution is 2.27. The number of hydrogen-bond donors (Lipinski definition) is 1. The highest BCUT2D eigenvalue weighted by atomic mass is 16.1. The van der Waals surface area contributed by atoms with Gasteiger partial charge in [-0.2, -0.15) is 0 Å². The fourth-order valence-corrected chi connectivity index (χ4v) is 4.91. The van der Waals surface area contributed by atoms with E-state index in [0.29, 0.717) is 6.04 Å². The first kappa shape index (κ1) is 17.5. The van der Waals surface area contributed by atoms with Crippen LogP contribution in [0.1, 0.15) is 31.7 Å². The first-order valence-electron chi connectivity index (χ1n) is 10.7. The van der Waals surface area contributed by atoms with Gasteiger partial charge in [-0.1, -0.05) is 12.1 Å². The van der Waals surface area contributed by atoms with Crippen molar-refractivity contribution < 1.29 is 0 Å². The molecule has 1 aliphatic carbocycles. The zero-order chi connectivity index (χ0) is 18.2. The third-order valence-corrected chi connectivity index (χ3v) is 6.75. The van der Waals surface area contributed by atoms with Crippen molar-refractivity contribution >= 4 is 11.0 Å². The molecule has 0 amide bonds. The summed E-state index contributed by atoms with van der Waals surface area (Å²) >= 11 is 0. The van der Waals surface area contributed by atoms with Crippen LogP contribution in [0, 0.1) is 0 Å². The summed E-state index contributed by atoms with van der Waals surface area (Å²) in [5.74, 6) is 0. The van der Waals surface area contributed by atoms with E-state index >= 15 is 0 Å². The molecule has 3 heterocycles. The van der Waals surface area contributed by atoms with Gasteiger partial charge in [-0.3, -0.25) is 14.4 Å². The van der Waals surface area contributed by atoms with Crippen molar-refractivity contribution in [2.45, 2.75) is 37.8 Å². The summed E-state index contributed by atoms with van der Waals surface area (Å²) in [4.78, 5) is 23.3. The summed E-state index contributed by atoms with van der Waals surface area (Å²) in [6, 6.07) is 9.29. The van der Waals surface area contributed by atoms with Gasteiger partial charge in [0.15, 0.2) is 0 Å².